The van der Waals surface area contributed by atoms with Crippen LogP contribution in [0.2, 0.25) is 6.04 Å². The molecule has 0 aliphatic heterocycles. The van der Waals surface area contributed by atoms with Gasteiger partial charge in [0.05, 0.1) is 0 Å². The highest BCUT2D eigenvalue weighted by Gasteiger charge is 2.96. The second-order valence-corrected chi connectivity index (χ2v) is 11.3. The van der Waals surface area contributed by atoms with Gasteiger partial charge in [-0.25, -0.2) is 8.42 Å². The van der Waals surface area contributed by atoms with E-state index >= 15 is 0 Å². The largest absolute Gasteiger partial charge is 0.460 e. The summed E-state index contributed by atoms with van der Waals surface area (Å²) in [4.78, 5) is 0. The Kier molecular flexibility index (Phi) is 9.23. The molecule has 0 bridgehead atoms. The Bertz CT molecular complexity index is 888. The van der Waals surface area contributed by atoms with Crippen molar-refractivity contribution in [3.8, 4) is 0 Å². The lowest BCUT2D eigenvalue weighted by atomic mass is 9.91. The summed E-state index contributed by atoms with van der Waals surface area (Å²) in [7, 11) is -12.0. The van der Waals surface area contributed by atoms with Crippen LogP contribution in [0.1, 0.15) is 13.3 Å². The van der Waals surface area contributed by atoms with Crippen LogP contribution in [0.4, 0.5) is 79.1 Å². The van der Waals surface area contributed by atoms with Gasteiger partial charge in [0.2, 0.25) is 0 Å². The molecule has 1 atom stereocenters. The summed E-state index contributed by atoms with van der Waals surface area (Å²) in [6.45, 7) is 1.07. The molecule has 0 amide bonds. The van der Waals surface area contributed by atoms with Gasteiger partial charge in [0, 0.05) is 7.11 Å². The monoisotopic (exact) mass is 619 g/mol. The Morgan fingerprint density at radius 2 is 0.944 bits per heavy atom. The zero-order chi connectivity index (χ0) is 29.8. The molecule has 0 heterocycles. The summed E-state index contributed by atoms with van der Waals surface area (Å²) in [5.41, 5.74) is 0. The fourth-order valence-electron chi connectivity index (χ4n) is 2.12. The maximum absolute atomic E-state index is 13.9. The maximum Gasteiger partial charge on any atom is 0.460 e. The number of nitrogens with zero attached hydrogens (tertiary/aromatic N) is 1. The van der Waals surface area contributed by atoms with Crippen LogP contribution in [0.5, 0.6) is 0 Å². The van der Waals surface area contributed by atoms with Gasteiger partial charge in [-0.3, -0.25) is 0 Å². The van der Waals surface area contributed by atoms with Crippen LogP contribution in [0.25, 0.3) is 0 Å². The Hall–Kier alpha value is -1.17. The molecule has 218 valence electrons. The molecule has 0 rings (SSSR count). The molecule has 0 aromatic heterocycles. The average Bonchev–Trinajstić information content (AvgIpc) is 2.69. The standard InChI is InChI=1S/C12H11F18NO3SSi/c1-3-4-36(34-2)31(30)35(32,33)12(28,29)10(23,24)8(19,20)6(15,16)5(13,14)7(17,18)9(21,22)11(25,26)27/h36H,3-4H2,1-2H3. The minimum Gasteiger partial charge on any atom is -0.406 e. The number of hydrogen-bond donors (Lipinski definition) is 0. The lowest BCUT2D eigenvalue weighted by molar-refractivity contribution is -0.458. The first-order valence-corrected chi connectivity index (χ1v) is 11.6. The number of rotatable bonds is 12. The number of sulfonamides is 1. The van der Waals surface area contributed by atoms with Gasteiger partial charge in [0.1, 0.15) is 0 Å². The molecule has 0 aliphatic rings. The van der Waals surface area contributed by atoms with Crippen molar-refractivity contribution in [1.29, 1.82) is 0 Å². The fourth-order valence-corrected chi connectivity index (χ4v) is 6.10. The van der Waals surface area contributed by atoms with Gasteiger partial charge in [-0.15, -0.1) is 4.48 Å². The minimum absolute atomic E-state index is 0.369. The second kappa shape index (κ2) is 9.54. The molecule has 0 aromatic rings. The summed E-state index contributed by atoms with van der Waals surface area (Å²) >= 11 is 0. The van der Waals surface area contributed by atoms with Crippen LogP contribution in [-0.4, -0.2) is 75.9 Å². The van der Waals surface area contributed by atoms with Crippen molar-refractivity contribution in [2.45, 2.75) is 66.4 Å². The van der Waals surface area contributed by atoms with E-state index < -0.39 is 76.4 Å². The Balaban J connectivity index is 7.00. The molecule has 1 unspecified atom stereocenters. The van der Waals surface area contributed by atoms with E-state index in [2.05, 4.69) is 4.43 Å². The van der Waals surface area contributed by atoms with Crippen LogP contribution in [0.3, 0.4) is 0 Å². The molecule has 4 nitrogen and oxygen atoms in total. The molecule has 24 heteroatoms. The zero-order valence-corrected chi connectivity index (χ0v) is 18.8. The Morgan fingerprint density at radius 1 is 0.639 bits per heavy atom. The molecule has 0 saturated carbocycles. The normalized spacial score (nSPS) is 17.0. The smallest absolute Gasteiger partial charge is 0.406 e. The van der Waals surface area contributed by atoms with E-state index in [0.717, 1.165) is 6.92 Å². The van der Waals surface area contributed by atoms with Crippen molar-refractivity contribution in [2.24, 2.45) is 0 Å². The highest BCUT2D eigenvalue weighted by atomic mass is 32.2. The van der Waals surface area contributed by atoms with Gasteiger partial charge < -0.3 is 4.43 Å². The Labute approximate surface area is 189 Å². The third-order valence-electron chi connectivity index (χ3n) is 4.28. The van der Waals surface area contributed by atoms with Gasteiger partial charge in [0.15, 0.2) is 0 Å². The number of hydrogen-bond acceptors (Lipinski definition) is 3. The van der Waals surface area contributed by atoms with E-state index in [1.165, 1.54) is 0 Å². The molecule has 0 saturated heterocycles. The number of alkyl halides is 17. The van der Waals surface area contributed by atoms with Gasteiger partial charge in [-0.05, 0) is 10.2 Å². The molecule has 0 aromatic carbocycles. The topological polar surface area (TPSA) is 46.6 Å². The zero-order valence-electron chi connectivity index (χ0n) is 16.9. The average molecular weight is 619 g/mol. The van der Waals surface area contributed by atoms with Crippen LogP contribution < -0.4 is 0 Å². The van der Waals surface area contributed by atoms with E-state index in [4.69, 9.17) is 0 Å². The number of halogens is 18. The van der Waals surface area contributed by atoms with Gasteiger partial charge in [-0.2, -0.15) is 74.6 Å². The molecular formula is C12H11F18NO3SSi. The van der Waals surface area contributed by atoms with Crippen molar-refractivity contribution in [1.82, 2.24) is 4.19 Å². The highest BCUT2D eigenvalue weighted by Crippen LogP contribution is 2.64. The van der Waals surface area contributed by atoms with E-state index in [1.54, 1.807) is 0 Å². The molecule has 0 radical (unpaired) electrons. The predicted molar refractivity (Wildman–Crippen MR) is 81.8 cm³/mol. The van der Waals surface area contributed by atoms with Crippen molar-refractivity contribution in [3.63, 3.8) is 0 Å². The minimum atomic E-state index is -8.97. The molecule has 0 aliphatic carbocycles. The lowest BCUT2D eigenvalue weighted by Crippen LogP contribution is -2.75. The molecule has 36 heavy (non-hydrogen) atoms. The fraction of sp³-hybridized carbons (Fsp3) is 1.00. The molecule has 0 N–H and O–H groups in total. The van der Waals surface area contributed by atoms with Gasteiger partial charge >= 0.3 is 66.2 Å². The van der Waals surface area contributed by atoms with E-state index in [0.29, 0.717) is 7.11 Å². The summed E-state index contributed by atoms with van der Waals surface area (Å²) in [5.74, 6) is -52.4. The molecular weight excluding hydrogens is 608 g/mol. The third kappa shape index (κ3) is 4.51. The van der Waals surface area contributed by atoms with Gasteiger partial charge in [0.25, 0.3) is 0 Å². The predicted octanol–water partition coefficient (Wildman–Crippen LogP) is 5.75. The van der Waals surface area contributed by atoms with E-state index in [9.17, 15) is 87.5 Å². The first-order valence-electron chi connectivity index (χ1n) is 8.37. The van der Waals surface area contributed by atoms with Crippen LogP contribution in [-0.2, 0) is 14.4 Å². The lowest BCUT2D eigenvalue weighted by Gasteiger charge is -2.42. The highest BCUT2D eigenvalue weighted by molar-refractivity contribution is 7.91. The van der Waals surface area contributed by atoms with Crippen molar-refractivity contribution in [2.75, 3.05) is 7.11 Å². The first-order chi connectivity index (χ1) is 15.4. The van der Waals surface area contributed by atoms with E-state index in [1.807, 2.05) is 0 Å². The SMILES string of the molecule is CCC[SiH](OC)N(F)S(=O)(=O)C(F)(F)C(F)(F)C(F)(F)C(F)(F)C(F)(F)C(F)(F)C(F)(F)C(F)(F)F. The van der Waals surface area contributed by atoms with Crippen molar-refractivity contribution in [3.05, 3.63) is 0 Å². The molecule has 0 spiro atoms. The second-order valence-electron chi connectivity index (χ2n) is 6.69. The quantitative estimate of drug-likeness (QED) is 0.159. The van der Waals surface area contributed by atoms with Crippen LogP contribution >= 0.6 is 0 Å². The summed E-state index contributed by atoms with van der Waals surface area (Å²) in [6, 6.07) is -0.892. The molecule has 0 fully saturated rings. The van der Waals surface area contributed by atoms with Crippen LogP contribution in [0.15, 0.2) is 0 Å². The third-order valence-corrected chi connectivity index (χ3v) is 9.25. The summed E-state index contributed by atoms with van der Waals surface area (Å²) in [5, 5.41) is -7.93. The first kappa shape index (κ1) is 34.8. The van der Waals surface area contributed by atoms with Crippen molar-refractivity contribution < 1.29 is 92.0 Å². The summed E-state index contributed by atoms with van der Waals surface area (Å²) < 4.78 is 263. The maximum atomic E-state index is 13.9. The van der Waals surface area contributed by atoms with Crippen molar-refractivity contribution >= 4 is 19.2 Å². The summed E-state index contributed by atoms with van der Waals surface area (Å²) in [6.07, 6.45) is -8.29. The van der Waals surface area contributed by atoms with Crippen LogP contribution in [0, 0.1) is 0 Å². The Morgan fingerprint density at radius 3 is 1.22 bits per heavy atom. The van der Waals surface area contributed by atoms with E-state index in [-0.39, 0.29) is 6.42 Å². The van der Waals surface area contributed by atoms with Gasteiger partial charge in [-0.1, -0.05) is 13.3 Å².